The fourth-order valence-electron chi connectivity index (χ4n) is 3.81. The summed E-state index contributed by atoms with van der Waals surface area (Å²) in [5.74, 6) is -0.817. The second-order valence-electron chi connectivity index (χ2n) is 8.80. The van der Waals surface area contributed by atoms with Gasteiger partial charge in [0.1, 0.15) is 11.6 Å². The van der Waals surface area contributed by atoms with Crippen LogP contribution < -0.4 is 4.74 Å². The molecule has 3 aromatic rings. The summed E-state index contributed by atoms with van der Waals surface area (Å²) in [6, 6.07) is 12.6. The van der Waals surface area contributed by atoms with E-state index in [1.165, 1.54) is 43.5 Å². The first kappa shape index (κ1) is 28.3. The van der Waals surface area contributed by atoms with Crippen molar-refractivity contribution in [3.8, 4) is 5.75 Å². The van der Waals surface area contributed by atoms with Gasteiger partial charge in [-0.1, -0.05) is 24.3 Å². The van der Waals surface area contributed by atoms with Crippen LogP contribution in [0.2, 0.25) is 0 Å². The quantitative estimate of drug-likeness (QED) is 0.334. The summed E-state index contributed by atoms with van der Waals surface area (Å²) in [7, 11) is 2.93. The number of likely N-dealkylation sites (N-methyl/N-ethyl adjacent to an activating group) is 1. The number of ether oxygens (including phenoxy) is 2. The van der Waals surface area contributed by atoms with E-state index < -0.39 is 21.6 Å². The number of carbonyl (C=O) groups excluding carboxylic acids is 1. The fraction of sp³-hybridized carbons (Fsp3) is 0.385. The zero-order valence-electron chi connectivity index (χ0n) is 21.6. The molecule has 0 N–H and O–H groups in total. The standard InChI is InChI=1S/C26H33FN4O5S/c1-29(2)12-13-30(25(32)23-10-5-6-11-24(23)27)18-21-17-28-26(31(21)14-15-35-3)37(33,34)19-20-8-7-9-22(16-20)36-4/h5-11,16-17H,12-15,18-19H2,1-4H3. The first-order valence-electron chi connectivity index (χ1n) is 11.7. The van der Waals surface area contributed by atoms with E-state index in [4.69, 9.17) is 9.47 Å². The second kappa shape index (κ2) is 12.8. The summed E-state index contributed by atoms with van der Waals surface area (Å²) >= 11 is 0. The van der Waals surface area contributed by atoms with E-state index in [0.29, 0.717) is 30.1 Å². The molecule has 1 amide bonds. The molecule has 9 nitrogen and oxygen atoms in total. The van der Waals surface area contributed by atoms with Gasteiger partial charge in [-0.05, 0) is 43.9 Å². The summed E-state index contributed by atoms with van der Waals surface area (Å²) in [5, 5.41) is -0.117. The number of nitrogens with zero attached hydrogens (tertiary/aromatic N) is 4. The van der Waals surface area contributed by atoms with Crippen molar-refractivity contribution in [1.82, 2.24) is 19.4 Å². The fourth-order valence-corrected chi connectivity index (χ4v) is 5.31. The molecular formula is C26H33FN4O5S. The molecular weight excluding hydrogens is 499 g/mol. The van der Waals surface area contributed by atoms with Crippen LogP contribution in [0, 0.1) is 5.82 Å². The maximum atomic E-state index is 14.4. The summed E-state index contributed by atoms with van der Waals surface area (Å²) in [6.07, 6.45) is 1.45. The minimum atomic E-state index is -3.85. The third-order valence-electron chi connectivity index (χ3n) is 5.75. The Bertz CT molecular complexity index is 1310. The van der Waals surface area contributed by atoms with Crippen LogP contribution in [0.1, 0.15) is 21.6 Å². The van der Waals surface area contributed by atoms with Crippen LogP contribution in [0.5, 0.6) is 5.75 Å². The number of hydrogen-bond acceptors (Lipinski definition) is 7. The summed E-state index contributed by atoms with van der Waals surface area (Å²) < 4.78 is 53.2. The van der Waals surface area contributed by atoms with Gasteiger partial charge in [0.25, 0.3) is 5.91 Å². The van der Waals surface area contributed by atoms with E-state index in [9.17, 15) is 17.6 Å². The van der Waals surface area contributed by atoms with Crippen molar-refractivity contribution in [2.45, 2.75) is 24.0 Å². The molecule has 0 saturated heterocycles. The molecule has 1 aromatic heterocycles. The SMILES string of the molecule is COCCn1c(CN(CCN(C)C)C(=O)c2ccccc2F)cnc1S(=O)(=O)Cc1cccc(OC)c1. The zero-order valence-corrected chi connectivity index (χ0v) is 22.4. The van der Waals surface area contributed by atoms with Crippen LogP contribution in [-0.4, -0.2) is 81.7 Å². The Morgan fingerprint density at radius 2 is 1.84 bits per heavy atom. The van der Waals surface area contributed by atoms with Crippen molar-refractivity contribution in [2.75, 3.05) is 48.0 Å². The lowest BCUT2D eigenvalue weighted by atomic mass is 10.1. The second-order valence-corrected chi connectivity index (χ2v) is 10.7. The molecule has 0 aliphatic carbocycles. The Labute approximate surface area is 217 Å². The predicted octanol–water partition coefficient (Wildman–Crippen LogP) is 2.86. The van der Waals surface area contributed by atoms with E-state index in [0.717, 1.165) is 0 Å². The van der Waals surface area contributed by atoms with Crippen LogP contribution in [0.15, 0.2) is 59.9 Å². The first-order chi connectivity index (χ1) is 17.7. The predicted molar refractivity (Wildman–Crippen MR) is 138 cm³/mol. The highest BCUT2D eigenvalue weighted by molar-refractivity contribution is 7.90. The molecule has 0 spiro atoms. The number of hydrogen-bond donors (Lipinski definition) is 0. The molecule has 0 fully saturated rings. The highest BCUT2D eigenvalue weighted by Gasteiger charge is 2.27. The Balaban J connectivity index is 1.96. The van der Waals surface area contributed by atoms with Crippen molar-refractivity contribution in [1.29, 1.82) is 0 Å². The van der Waals surface area contributed by atoms with Crippen molar-refractivity contribution < 1.29 is 27.1 Å². The summed E-state index contributed by atoms with van der Waals surface area (Å²) in [4.78, 5) is 20.9. The van der Waals surface area contributed by atoms with E-state index in [1.54, 1.807) is 34.9 Å². The lowest BCUT2D eigenvalue weighted by Gasteiger charge is -2.25. The molecule has 0 atom stereocenters. The maximum absolute atomic E-state index is 14.4. The Hall–Kier alpha value is -3.28. The van der Waals surface area contributed by atoms with Gasteiger partial charge in [-0.25, -0.2) is 17.8 Å². The van der Waals surface area contributed by atoms with Crippen molar-refractivity contribution in [3.05, 3.63) is 77.4 Å². The lowest BCUT2D eigenvalue weighted by molar-refractivity contribution is 0.0722. The van der Waals surface area contributed by atoms with Gasteiger partial charge in [0, 0.05) is 26.7 Å². The zero-order chi connectivity index (χ0) is 27.0. The van der Waals surface area contributed by atoms with Crippen LogP contribution in [0.25, 0.3) is 0 Å². The number of sulfone groups is 1. The van der Waals surface area contributed by atoms with Crippen molar-refractivity contribution in [3.63, 3.8) is 0 Å². The van der Waals surface area contributed by atoms with Gasteiger partial charge >= 0.3 is 0 Å². The first-order valence-corrected chi connectivity index (χ1v) is 13.4. The van der Waals surface area contributed by atoms with Gasteiger partial charge in [-0.15, -0.1) is 0 Å². The molecule has 0 unspecified atom stereocenters. The number of methoxy groups -OCH3 is 2. The Morgan fingerprint density at radius 3 is 2.51 bits per heavy atom. The van der Waals surface area contributed by atoms with E-state index in [-0.39, 0.29) is 36.2 Å². The summed E-state index contributed by atoms with van der Waals surface area (Å²) in [6.45, 7) is 1.35. The van der Waals surface area contributed by atoms with Gasteiger partial charge in [0.2, 0.25) is 15.0 Å². The monoisotopic (exact) mass is 532 g/mol. The Kier molecular flexibility index (Phi) is 9.79. The van der Waals surface area contributed by atoms with Crippen molar-refractivity contribution in [2.24, 2.45) is 0 Å². The topological polar surface area (TPSA) is 94.0 Å². The molecule has 0 saturated carbocycles. The van der Waals surface area contributed by atoms with Crippen LogP contribution in [0.4, 0.5) is 4.39 Å². The van der Waals surface area contributed by atoms with Gasteiger partial charge in [0.15, 0.2) is 0 Å². The van der Waals surface area contributed by atoms with Gasteiger partial charge in [-0.2, -0.15) is 0 Å². The molecule has 0 radical (unpaired) electrons. The molecule has 3 rings (SSSR count). The van der Waals surface area contributed by atoms with E-state index >= 15 is 0 Å². The molecule has 2 aromatic carbocycles. The number of amides is 1. The Morgan fingerprint density at radius 1 is 1.08 bits per heavy atom. The smallest absolute Gasteiger partial charge is 0.257 e. The third kappa shape index (κ3) is 7.37. The van der Waals surface area contributed by atoms with Gasteiger partial charge in [0.05, 0.1) is 43.5 Å². The number of aromatic nitrogens is 2. The molecule has 11 heteroatoms. The van der Waals surface area contributed by atoms with E-state index in [2.05, 4.69) is 4.98 Å². The minimum Gasteiger partial charge on any atom is -0.497 e. The molecule has 37 heavy (non-hydrogen) atoms. The summed E-state index contributed by atoms with van der Waals surface area (Å²) in [5.41, 5.74) is 1.02. The highest BCUT2D eigenvalue weighted by atomic mass is 32.2. The number of rotatable bonds is 13. The number of halogens is 1. The van der Waals surface area contributed by atoms with Crippen LogP contribution in [0.3, 0.4) is 0 Å². The van der Waals surface area contributed by atoms with Gasteiger partial charge in [-0.3, -0.25) is 4.79 Å². The number of imidazole rings is 1. The average Bonchev–Trinajstić information content (AvgIpc) is 3.28. The molecule has 1 heterocycles. The van der Waals surface area contributed by atoms with Crippen LogP contribution >= 0.6 is 0 Å². The number of carbonyl (C=O) groups is 1. The largest absolute Gasteiger partial charge is 0.497 e. The van der Waals surface area contributed by atoms with E-state index in [1.807, 2.05) is 19.0 Å². The highest BCUT2D eigenvalue weighted by Crippen LogP contribution is 2.22. The third-order valence-corrected chi connectivity index (χ3v) is 7.35. The lowest BCUT2D eigenvalue weighted by Crippen LogP contribution is -2.37. The molecule has 200 valence electrons. The van der Waals surface area contributed by atoms with Crippen LogP contribution in [-0.2, 0) is 33.4 Å². The minimum absolute atomic E-state index is 0.0462. The maximum Gasteiger partial charge on any atom is 0.257 e. The molecule has 0 aliphatic heterocycles. The number of benzene rings is 2. The molecule has 0 bridgehead atoms. The molecule has 0 aliphatic rings. The normalized spacial score (nSPS) is 11.6. The van der Waals surface area contributed by atoms with Crippen molar-refractivity contribution >= 4 is 15.7 Å². The van der Waals surface area contributed by atoms with Gasteiger partial charge < -0.3 is 23.8 Å². The average molecular weight is 533 g/mol.